The first-order chi connectivity index (χ1) is 12.6. The maximum Gasteiger partial charge on any atom is 0.266 e. The number of nitrogens with zero attached hydrogens (tertiary/aromatic N) is 3. The summed E-state index contributed by atoms with van der Waals surface area (Å²) in [6.07, 6.45) is 0.371. The molecule has 8 nitrogen and oxygen atoms in total. The summed E-state index contributed by atoms with van der Waals surface area (Å²) >= 11 is 2.89. The van der Waals surface area contributed by atoms with Crippen molar-refractivity contribution in [2.45, 2.75) is 36.5 Å². The monoisotopic (exact) mass is 430 g/mol. The smallest absolute Gasteiger partial charge is 0.266 e. The molecule has 1 aromatic heterocycles. The Morgan fingerprint density at radius 1 is 1.22 bits per heavy atom. The minimum atomic E-state index is -3.33. The molecule has 0 aliphatic heterocycles. The first-order valence-corrected chi connectivity index (χ1v) is 11.6. The van der Waals surface area contributed by atoms with E-state index in [0.717, 1.165) is 14.9 Å². The fraction of sp³-hybridized carbons (Fsp3) is 0.438. The highest BCUT2D eigenvalue weighted by molar-refractivity contribution is 8.01. The summed E-state index contributed by atoms with van der Waals surface area (Å²) in [5.74, 6) is 0.112. The van der Waals surface area contributed by atoms with Gasteiger partial charge in [-0.3, -0.25) is 14.4 Å². The van der Waals surface area contributed by atoms with E-state index in [4.69, 9.17) is 4.74 Å². The molecule has 0 bridgehead atoms. The summed E-state index contributed by atoms with van der Waals surface area (Å²) in [5, 5.41) is 11.5. The van der Waals surface area contributed by atoms with E-state index in [9.17, 15) is 13.2 Å². The molecule has 0 spiro atoms. The van der Waals surface area contributed by atoms with E-state index in [2.05, 4.69) is 29.4 Å². The van der Waals surface area contributed by atoms with Gasteiger partial charge in [-0.05, 0) is 31.2 Å². The van der Waals surface area contributed by atoms with E-state index < -0.39 is 16.1 Å². The lowest BCUT2D eigenvalue weighted by molar-refractivity contribution is -0.122. The molecule has 0 aliphatic carbocycles. The highest BCUT2D eigenvalue weighted by atomic mass is 32.2. The van der Waals surface area contributed by atoms with Crippen LogP contribution in [0.1, 0.15) is 20.8 Å². The second-order valence-electron chi connectivity index (χ2n) is 6.01. The van der Waals surface area contributed by atoms with Crippen LogP contribution in [0.4, 0.5) is 10.8 Å². The summed E-state index contributed by atoms with van der Waals surface area (Å²) in [6, 6.07) is 6.45. The van der Waals surface area contributed by atoms with Gasteiger partial charge in [-0.1, -0.05) is 36.9 Å². The van der Waals surface area contributed by atoms with Gasteiger partial charge in [-0.2, -0.15) is 0 Å². The van der Waals surface area contributed by atoms with E-state index in [0.29, 0.717) is 21.8 Å². The number of hydrogen-bond acceptors (Lipinski definition) is 8. The number of rotatable bonds is 8. The van der Waals surface area contributed by atoms with Crippen LogP contribution < -0.4 is 14.4 Å². The van der Waals surface area contributed by atoms with Gasteiger partial charge in [0.1, 0.15) is 5.75 Å². The zero-order chi connectivity index (χ0) is 20.2. The first-order valence-electron chi connectivity index (χ1n) is 8.08. The molecule has 148 valence electrons. The van der Waals surface area contributed by atoms with Crippen molar-refractivity contribution in [1.82, 2.24) is 10.2 Å². The van der Waals surface area contributed by atoms with Gasteiger partial charge in [-0.15, -0.1) is 10.2 Å². The van der Waals surface area contributed by atoms with Gasteiger partial charge in [0.15, 0.2) is 10.4 Å². The number of amides is 1. The van der Waals surface area contributed by atoms with Crippen LogP contribution in [-0.4, -0.2) is 49.2 Å². The minimum Gasteiger partial charge on any atom is -0.481 e. The Bertz CT molecular complexity index is 881. The Hall–Kier alpha value is -1.85. The highest BCUT2D eigenvalue weighted by Gasteiger charge is 2.18. The molecule has 2 rings (SSSR count). The average molecular weight is 431 g/mol. The van der Waals surface area contributed by atoms with E-state index in [1.165, 1.54) is 18.4 Å². The van der Waals surface area contributed by atoms with Crippen molar-refractivity contribution in [2.24, 2.45) is 0 Å². The van der Waals surface area contributed by atoms with Crippen molar-refractivity contribution < 1.29 is 17.9 Å². The van der Waals surface area contributed by atoms with E-state index in [-0.39, 0.29) is 5.91 Å². The van der Waals surface area contributed by atoms with Crippen molar-refractivity contribution >= 4 is 49.8 Å². The number of anilines is 2. The highest BCUT2D eigenvalue weighted by Crippen LogP contribution is 2.28. The topological polar surface area (TPSA) is 101 Å². The third-order valence-electron chi connectivity index (χ3n) is 3.35. The van der Waals surface area contributed by atoms with Crippen LogP contribution in [0.3, 0.4) is 0 Å². The summed E-state index contributed by atoms with van der Waals surface area (Å²) in [4.78, 5) is 12.3. The van der Waals surface area contributed by atoms with Crippen LogP contribution in [0.15, 0.2) is 28.6 Å². The van der Waals surface area contributed by atoms with Gasteiger partial charge in [0.25, 0.3) is 5.91 Å². The van der Waals surface area contributed by atoms with Crippen LogP contribution in [0.25, 0.3) is 0 Å². The molecule has 0 fully saturated rings. The van der Waals surface area contributed by atoms with Gasteiger partial charge < -0.3 is 4.74 Å². The summed E-state index contributed by atoms with van der Waals surface area (Å²) in [7, 11) is -1.86. The number of aromatic nitrogens is 2. The van der Waals surface area contributed by atoms with Crippen molar-refractivity contribution in [3.8, 4) is 5.75 Å². The molecule has 0 unspecified atom stereocenters. The zero-order valence-electron chi connectivity index (χ0n) is 15.7. The molecule has 1 atom stereocenters. The number of thioether (sulfide) groups is 1. The standard InChI is InChI=1S/C16H22N4O4S3/c1-10(2)25-16-19-18-15(26-16)17-14(21)11(3)24-13-8-6-12(7-9-13)20(4)27(5,22)23/h6-11H,1-5H3,(H,17,18,21)/t11-/m0/s1. The Kier molecular flexibility index (Phi) is 7.06. The van der Waals surface area contributed by atoms with Crippen LogP contribution in [0, 0.1) is 0 Å². The molecule has 0 saturated heterocycles. The molecule has 11 heteroatoms. The van der Waals surface area contributed by atoms with E-state index in [1.54, 1.807) is 43.0 Å². The van der Waals surface area contributed by atoms with Crippen molar-refractivity contribution in [3.63, 3.8) is 0 Å². The molecule has 0 saturated carbocycles. The molecule has 1 N–H and O–H groups in total. The Labute approximate surface area is 167 Å². The zero-order valence-corrected chi connectivity index (χ0v) is 18.1. The maximum atomic E-state index is 12.3. The van der Waals surface area contributed by atoms with E-state index >= 15 is 0 Å². The molecule has 2 aromatic rings. The van der Waals surface area contributed by atoms with Gasteiger partial charge in [-0.25, -0.2) is 8.42 Å². The van der Waals surface area contributed by atoms with E-state index in [1.807, 2.05) is 0 Å². The molecule has 27 heavy (non-hydrogen) atoms. The number of hydrogen-bond donors (Lipinski definition) is 1. The average Bonchev–Trinajstić information content (AvgIpc) is 3.00. The summed E-state index contributed by atoms with van der Waals surface area (Å²) < 4.78 is 30.7. The minimum absolute atomic E-state index is 0.343. The van der Waals surface area contributed by atoms with Crippen molar-refractivity contribution in [3.05, 3.63) is 24.3 Å². The predicted molar refractivity (Wildman–Crippen MR) is 109 cm³/mol. The van der Waals surface area contributed by atoms with Crippen LogP contribution in [0.5, 0.6) is 5.75 Å². The van der Waals surface area contributed by atoms with Crippen molar-refractivity contribution in [2.75, 3.05) is 22.9 Å². The number of carbonyl (C=O) groups excluding carboxylic acids is 1. The molecular weight excluding hydrogens is 408 g/mol. The lowest BCUT2D eigenvalue weighted by Gasteiger charge is -2.18. The lowest BCUT2D eigenvalue weighted by atomic mass is 10.3. The first kappa shape index (κ1) is 21.5. The Morgan fingerprint density at radius 2 is 1.85 bits per heavy atom. The van der Waals surface area contributed by atoms with Gasteiger partial charge in [0.2, 0.25) is 15.2 Å². The number of benzene rings is 1. The molecule has 0 radical (unpaired) electrons. The largest absolute Gasteiger partial charge is 0.481 e. The predicted octanol–water partition coefficient (Wildman–Crippen LogP) is 2.84. The maximum absolute atomic E-state index is 12.3. The third-order valence-corrected chi connectivity index (χ3v) is 6.49. The third kappa shape index (κ3) is 6.36. The molecular formula is C16H22N4O4S3. The van der Waals surface area contributed by atoms with Crippen LogP contribution >= 0.6 is 23.1 Å². The molecule has 0 aliphatic rings. The number of ether oxygens (including phenoxy) is 1. The summed E-state index contributed by atoms with van der Waals surface area (Å²) in [6.45, 7) is 5.73. The Morgan fingerprint density at radius 3 is 2.41 bits per heavy atom. The number of nitrogens with one attached hydrogen (secondary N) is 1. The Balaban J connectivity index is 1.95. The van der Waals surface area contributed by atoms with Gasteiger partial charge >= 0.3 is 0 Å². The van der Waals surface area contributed by atoms with Crippen molar-refractivity contribution in [1.29, 1.82) is 0 Å². The van der Waals surface area contributed by atoms with Gasteiger partial charge in [0.05, 0.1) is 11.9 Å². The fourth-order valence-electron chi connectivity index (χ4n) is 1.90. The number of carbonyl (C=O) groups is 1. The second-order valence-corrected chi connectivity index (χ2v) is 10.8. The van der Waals surface area contributed by atoms with Crippen LogP contribution in [0.2, 0.25) is 0 Å². The quantitative estimate of drug-likeness (QED) is 0.507. The normalized spacial score (nSPS) is 12.7. The number of sulfonamides is 1. The second kappa shape index (κ2) is 8.89. The van der Waals surface area contributed by atoms with Crippen LogP contribution in [-0.2, 0) is 14.8 Å². The lowest BCUT2D eigenvalue weighted by Crippen LogP contribution is -2.30. The molecule has 1 heterocycles. The summed E-state index contributed by atoms with van der Waals surface area (Å²) in [5.41, 5.74) is 0.506. The molecule has 1 aromatic carbocycles. The SMILES string of the molecule is CC(C)Sc1nnc(NC(=O)[C@H](C)Oc2ccc(N(C)S(C)(=O)=O)cc2)s1. The fourth-order valence-corrected chi connectivity index (χ4v) is 4.38. The van der Waals surface area contributed by atoms with Gasteiger partial charge in [0, 0.05) is 12.3 Å². The molecule has 1 amide bonds.